The van der Waals surface area contributed by atoms with Gasteiger partial charge in [0.15, 0.2) is 5.84 Å². The second-order valence-corrected chi connectivity index (χ2v) is 9.16. The molecule has 3 heterocycles. The number of nitrogens with zero attached hydrogens (tertiary/aromatic N) is 4. The highest BCUT2D eigenvalue weighted by Gasteiger charge is 2.35. The first-order valence-electron chi connectivity index (χ1n) is 10.2. The minimum atomic E-state index is -0.404. The van der Waals surface area contributed by atoms with Gasteiger partial charge >= 0.3 is 0 Å². The summed E-state index contributed by atoms with van der Waals surface area (Å²) in [6.45, 7) is 8.09. The lowest BCUT2D eigenvalue weighted by molar-refractivity contribution is -0.114. The van der Waals surface area contributed by atoms with Crippen molar-refractivity contribution in [3.8, 4) is 5.69 Å². The Balaban J connectivity index is 1.69. The van der Waals surface area contributed by atoms with E-state index < -0.39 is 5.91 Å². The molecule has 0 spiro atoms. The molecular weight excluding hydrogens is 430 g/mol. The van der Waals surface area contributed by atoms with E-state index in [2.05, 4.69) is 21.6 Å². The number of amides is 1. The fraction of sp³-hybridized carbons (Fsp3) is 0.304. The maximum atomic E-state index is 12.7. The van der Waals surface area contributed by atoms with Crippen molar-refractivity contribution in [1.82, 2.24) is 9.58 Å². The molecule has 0 bridgehead atoms. The van der Waals surface area contributed by atoms with Crippen molar-refractivity contribution in [1.29, 1.82) is 5.41 Å². The molecule has 160 valence electrons. The van der Waals surface area contributed by atoms with Gasteiger partial charge < -0.3 is 4.57 Å². The van der Waals surface area contributed by atoms with Crippen LogP contribution in [0.25, 0.3) is 11.8 Å². The van der Waals surface area contributed by atoms with Gasteiger partial charge in [0.1, 0.15) is 5.04 Å². The van der Waals surface area contributed by atoms with Crippen molar-refractivity contribution >= 4 is 51.4 Å². The summed E-state index contributed by atoms with van der Waals surface area (Å²) < 4.78 is 2.09. The molecule has 0 fully saturated rings. The first-order valence-corrected chi connectivity index (χ1v) is 11.4. The van der Waals surface area contributed by atoms with Crippen LogP contribution in [0.5, 0.6) is 0 Å². The van der Waals surface area contributed by atoms with E-state index >= 15 is 0 Å². The van der Waals surface area contributed by atoms with Gasteiger partial charge in [0, 0.05) is 22.1 Å². The van der Waals surface area contributed by atoms with E-state index in [0.717, 1.165) is 52.5 Å². The highest BCUT2D eigenvalue weighted by atomic mass is 35.5. The first kappa shape index (κ1) is 21.6. The predicted molar refractivity (Wildman–Crippen MR) is 130 cm³/mol. The van der Waals surface area contributed by atoms with Crippen molar-refractivity contribution in [2.45, 2.75) is 47.0 Å². The number of rotatable bonds is 5. The number of amidine groups is 2. The number of fused-ring (bicyclic) bond motifs is 1. The molecule has 0 saturated carbocycles. The van der Waals surface area contributed by atoms with Crippen molar-refractivity contribution in [2.75, 3.05) is 0 Å². The topological polar surface area (TPSA) is 73.8 Å². The lowest BCUT2D eigenvalue weighted by Crippen LogP contribution is -2.35. The van der Waals surface area contributed by atoms with E-state index in [9.17, 15) is 4.79 Å². The van der Waals surface area contributed by atoms with E-state index in [-0.39, 0.29) is 11.4 Å². The average Bonchev–Trinajstić information content (AvgIpc) is 3.26. The maximum Gasteiger partial charge on any atom is 0.283 e. The molecule has 0 aliphatic carbocycles. The molecule has 1 N–H and O–H groups in total. The van der Waals surface area contributed by atoms with Crippen LogP contribution in [0.1, 0.15) is 48.7 Å². The second kappa shape index (κ2) is 8.48. The summed E-state index contributed by atoms with van der Waals surface area (Å²) in [4.78, 5) is 16.9. The SMILES string of the molecule is CCCCC1=NN2C(=N)/C(=C\c3cc(C)n(-c4ccc(C)c(Cl)c4)c3C)C(=O)N=C2S1. The molecule has 2 aromatic rings. The summed E-state index contributed by atoms with van der Waals surface area (Å²) in [6, 6.07) is 7.96. The Bertz CT molecular complexity index is 1190. The molecule has 2 aliphatic heterocycles. The third-order valence-corrected chi connectivity index (χ3v) is 6.80. The van der Waals surface area contributed by atoms with E-state index in [0.29, 0.717) is 10.2 Å². The Morgan fingerprint density at radius 1 is 1.23 bits per heavy atom. The largest absolute Gasteiger partial charge is 0.318 e. The quantitative estimate of drug-likeness (QED) is 0.575. The fourth-order valence-corrected chi connectivity index (χ4v) is 4.77. The van der Waals surface area contributed by atoms with Crippen LogP contribution in [-0.2, 0) is 4.79 Å². The van der Waals surface area contributed by atoms with Crippen LogP contribution in [-0.4, -0.2) is 31.5 Å². The molecule has 4 rings (SSSR count). The van der Waals surface area contributed by atoms with Crippen LogP contribution in [0, 0.1) is 26.2 Å². The number of hydrazone groups is 1. The van der Waals surface area contributed by atoms with Crippen molar-refractivity contribution in [3.63, 3.8) is 0 Å². The molecule has 0 unspecified atom stereocenters. The van der Waals surface area contributed by atoms with E-state index in [1.165, 1.54) is 16.8 Å². The third kappa shape index (κ3) is 4.00. The van der Waals surface area contributed by atoms with Crippen LogP contribution < -0.4 is 0 Å². The fourth-order valence-electron chi connectivity index (χ4n) is 3.67. The van der Waals surface area contributed by atoms with Gasteiger partial charge in [-0.3, -0.25) is 10.2 Å². The summed E-state index contributed by atoms with van der Waals surface area (Å²) in [7, 11) is 0. The monoisotopic (exact) mass is 453 g/mol. The number of hydrogen-bond acceptors (Lipinski definition) is 4. The normalized spacial score (nSPS) is 17.3. The summed E-state index contributed by atoms with van der Waals surface area (Å²) in [5.74, 6) is -0.337. The number of aliphatic imine (C=N–C) groups is 1. The molecule has 0 saturated heterocycles. The number of benzene rings is 1. The van der Waals surface area contributed by atoms with Crippen LogP contribution in [0.3, 0.4) is 0 Å². The minimum Gasteiger partial charge on any atom is -0.318 e. The van der Waals surface area contributed by atoms with Gasteiger partial charge in [0.25, 0.3) is 5.91 Å². The number of hydrogen-bond donors (Lipinski definition) is 1. The Morgan fingerprint density at radius 3 is 2.71 bits per heavy atom. The van der Waals surface area contributed by atoms with Gasteiger partial charge in [-0.2, -0.15) is 15.1 Å². The van der Waals surface area contributed by atoms with Crippen molar-refractivity contribution in [3.05, 3.63) is 57.4 Å². The Kier molecular flexibility index (Phi) is 5.90. The molecule has 0 atom stereocenters. The number of nitrogens with one attached hydrogen (secondary N) is 1. The van der Waals surface area contributed by atoms with E-state index in [1.54, 1.807) is 6.08 Å². The first-order chi connectivity index (χ1) is 14.8. The molecule has 6 nitrogen and oxygen atoms in total. The molecule has 1 amide bonds. The van der Waals surface area contributed by atoms with Gasteiger partial charge in [-0.05, 0) is 80.8 Å². The average molecular weight is 454 g/mol. The predicted octanol–water partition coefficient (Wildman–Crippen LogP) is 5.87. The summed E-state index contributed by atoms with van der Waals surface area (Å²) in [6.07, 6.45) is 4.66. The second-order valence-electron chi connectivity index (χ2n) is 7.71. The van der Waals surface area contributed by atoms with Gasteiger partial charge in [0.05, 0.1) is 5.57 Å². The summed E-state index contributed by atoms with van der Waals surface area (Å²) in [5, 5.41) is 16.6. The number of carbonyl (C=O) groups excluding carboxylic acids is 1. The van der Waals surface area contributed by atoms with Gasteiger partial charge in [-0.15, -0.1) is 0 Å². The van der Waals surface area contributed by atoms with Crippen molar-refractivity contribution < 1.29 is 4.79 Å². The summed E-state index contributed by atoms with van der Waals surface area (Å²) in [5.41, 5.74) is 5.06. The molecule has 0 radical (unpaired) electrons. The smallest absolute Gasteiger partial charge is 0.283 e. The third-order valence-electron chi connectivity index (χ3n) is 5.42. The molecule has 2 aliphatic rings. The van der Waals surface area contributed by atoms with E-state index in [4.69, 9.17) is 17.0 Å². The molecular formula is C23H24ClN5OS. The van der Waals surface area contributed by atoms with Gasteiger partial charge in [-0.25, -0.2) is 0 Å². The number of carbonyl (C=O) groups is 1. The van der Waals surface area contributed by atoms with Gasteiger partial charge in [-0.1, -0.05) is 31.0 Å². The Labute approximate surface area is 191 Å². The number of aryl methyl sites for hydroxylation is 2. The highest BCUT2D eigenvalue weighted by Crippen LogP contribution is 2.31. The van der Waals surface area contributed by atoms with Crippen LogP contribution in [0.15, 0.2) is 39.9 Å². The lowest BCUT2D eigenvalue weighted by Gasteiger charge is -2.20. The molecule has 1 aromatic carbocycles. The Hall–Kier alpha value is -2.64. The number of halogens is 1. The van der Waals surface area contributed by atoms with Crippen molar-refractivity contribution in [2.24, 2.45) is 10.1 Å². The minimum absolute atomic E-state index is 0.0668. The van der Waals surface area contributed by atoms with E-state index in [1.807, 2.05) is 45.0 Å². The number of unbranched alkanes of at least 4 members (excludes halogenated alkanes) is 1. The van der Waals surface area contributed by atoms with Gasteiger partial charge in [0.2, 0.25) is 5.17 Å². The molecule has 8 heteroatoms. The summed E-state index contributed by atoms with van der Waals surface area (Å²) >= 11 is 7.71. The standard InChI is InChI=1S/C23H24ClN5OS/c1-5-6-7-20-27-29-21(25)18(22(30)26-23(29)31-20)11-16-10-14(3)28(15(16)4)17-9-8-13(2)19(24)12-17/h8-12,25H,5-7H2,1-4H3/b18-11+,25-21?. The van der Waals surface area contributed by atoms with Crippen LogP contribution >= 0.6 is 23.4 Å². The maximum absolute atomic E-state index is 12.7. The zero-order chi connectivity index (χ0) is 22.3. The Morgan fingerprint density at radius 2 is 2.00 bits per heavy atom. The molecule has 31 heavy (non-hydrogen) atoms. The zero-order valence-corrected chi connectivity index (χ0v) is 19.6. The van der Waals surface area contributed by atoms with Crippen LogP contribution in [0.4, 0.5) is 0 Å². The highest BCUT2D eigenvalue weighted by molar-refractivity contribution is 8.26. The molecule has 1 aromatic heterocycles. The zero-order valence-electron chi connectivity index (χ0n) is 18.0. The van der Waals surface area contributed by atoms with Crippen LogP contribution in [0.2, 0.25) is 5.02 Å². The number of thioether (sulfide) groups is 1. The lowest BCUT2D eigenvalue weighted by atomic mass is 10.1. The number of aromatic nitrogens is 1.